The van der Waals surface area contributed by atoms with Gasteiger partial charge in [-0.15, -0.1) is 13.2 Å². The highest BCUT2D eigenvalue weighted by molar-refractivity contribution is 5.91. The molecule has 21 heavy (non-hydrogen) atoms. The van der Waals surface area contributed by atoms with Crippen molar-refractivity contribution < 1.29 is 5.11 Å². The van der Waals surface area contributed by atoms with Crippen molar-refractivity contribution in [1.29, 1.82) is 0 Å². The fraction of sp³-hybridized carbons (Fsp3) is 0.263. The maximum atomic E-state index is 9.94. The number of phenols is 1. The van der Waals surface area contributed by atoms with E-state index in [-0.39, 0.29) is 0 Å². The van der Waals surface area contributed by atoms with Gasteiger partial charge >= 0.3 is 0 Å². The highest BCUT2D eigenvalue weighted by Gasteiger charge is 2.24. The molecular formula is C19H21NO. The van der Waals surface area contributed by atoms with Crippen LogP contribution in [-0.4, -0.2) is 29.1 Å². The molecule has 2 nitrogen and oxygen atoms in total. The molecule has 1 aliphatic rings. The van der Waals surface area contributed by atoms with E-state index in [9.17, 15) is 5.11 Å². The van der Waals surface area contributed by atoms with Gasteiger partial charge in [0.2, 0.25) is 0 Å². The largest absolute Gasteiger partial charge is 0.508 e. The molecule has 0 fully saturated rings. The molecule has 0 bridgehead atoms. The summed E-state index contributed by atoms with van der Waals surface area (Å²) >= 11 is 0. The first-order valence-corrected chi connectivity index (χ1v) is 7.42. The minimum Gasteiger partial charge on any atom is -0.508 e. The summed E-state index contributed by atoms with van der Waals surface area (Å²) < 4.78 is 0. The molecule has 1 atom stereocenters. The lowest BCUT2D eigenvalue weighted by Crippen LogP contribution is -2.40. The third-order valence-electron chi connectivity index (χ3n) is 4.28. The number of phenolic OH excluding ortho intramolecular Hbond substituents is 1. The zero-order valence-corrected chi connectivity index (χ0v) is 12.3. The first-order valence-electron chi connectivity index (χ1n) is 7.42. The first-order chi connectivity index (χ1) is 10.2. The number of rotatable bonds is 5. The fourth-order valence-electron chi connectivity index (χ4n) is 3.46. The number of aromatic hydroxyl groups is 1. The van der Waals surface area contributed by atoms with E-state index in [1.54, 1.807) is 0 Å². The number of hydrogen-bond acceptors (Lipinski definition) is 2. The molecule has 0 aliphatic heterocycles. The zero-order chi connectivity index (χ0) is 14.8. The van der Waals surface area contributed by atoms with E-state index in [1.807, 2.05) is 24.3 Å². The molecule has 3 rings (SSSR count). The van der Waals surface area contributed by atoms with Crippen LogP contribution in [0.4, 0.5) is 0 Å². The van der Waals surface area contributed by atoms with Gasteiger partial charge in [0.15, 0.2) is 0 Å². The summed E-state index contributed by atoms with van der Waals surface area (Å²) in [7, 11) is 0. The number of nitrogens with zero attached hydrogens (tertiary/aromatic N) is 1. The van der Waals surface area contributed by atoms with Gasteiger partial charge in [0.1, 0.15) is 5.75 Å². The van der Waals surface area contributed by atoms with Crippen LogP contribution in [0, 0.1) is 0 Å². The fourth-order valence-corrected chi connectivity index (χ4v) is 3.46. The molecule has 0 radical (unpaired) electrons. The van der Waals surface area contributed by atoms with Crippen molar-refractivity contribution in [1.82, 2.24) is 4.90 Å². The second-order valence-corrected chi connectivity index (χ2v) is 5.71. The van der Waals surface area contributed by atoms with Crippen molar-refractivity contribution in [2.45, 2.75) is 18.9 Å². The van der Waals surface area contributed by atoms with Crippen LogP contribution in [0.1, 0.15) is 11.1 Å². The highest BCUT2D eigenvalue weighted by Crippen LogP contribution is 2.34. The van der Waals surface area contributed by atoms with Crippen molar-refractivity contribution in [3.05, 3.63) is 66.8 Å². The van der Waals surface area contributed by atoms with Gasteiger partial charge < -0.3 is 5.11 Å². The van der Waals surface area contributed by atoms with E-state index in [0.29, 0.717) is 11.8 Å². The van der Waals surface area contributed by atoms with Crippen molar-refractivity contribution in [3.8, 4) is 5.75 Å². The second kappa shape index (κ2) is 5.74. The van der Waals surface area contributed by atoms with Crippen LogP contribution in [0.5, 0.6) is 5.75 Å². The monoisotopic (exact) mass is 279 g/mol. The predicted octanol–water partition coefficient (Wildman–Crippen LogP) is 3.69. The Labute approximate surface area is 126 Å². The Morgan fingerprint density at radius 3 is 2.52 bits per heavy atom. The Bertz CT molecular complexity index is 679. The van der Waals surface area contributed by atoms with Crippen LogP contribution in [0.25, 0.3) is 10.8 Å². The van der Waals surface area contributed by atoms with Crippen molar-refractivity contribution in [2.24, 2.45) is 0 Å². The van der Waals surface area contributed by atoms with Crippen LogP contribution in [-0.2, 0) is 12.8 Å². The molecule has 2 heteroatoms. The van der Waals surface area contributed by atoms with Gasteiger partial charge in [-0.25, -0.2) is 0 Å². The second-order valence-electron chi connectivity index (χ2n) is 5.71. The maximum Gasteiger partial charge on any atom is 0.116 e. The Kier molecular flexibility index (Phi) is 3.80. The predicted molar refractivity (Wildman–Crippen MR) is 88.8 cm³/mol. The standard InChI is InChI=1S/C19H21NO/c1-3-8-20(9-4-2)17-10-14-6-5-7-15-12-18(21)13-16(11-17)19(14)15/h3-7,12-13,17,21H,1-2,8-11H2. The summed E-state index contributed by atoms with van der Waals surface area (Å²) in [5.74, 6) is 0.356. The van der Waals surface area contributed by atoms with E-state index >= 15 is 0 Å². The lowest BCUT2D eigenvalue weighted by molar-refractivity contribution is 0.234. The average Bonchev–Trinajstić information content (AvgIpc) is 2.46. The van der Waals surface area contributed by atoms with Crippen molar-refractivity contribution in [2.75, 3.05) is 13.1 Å². The molecule has 1 unspecified atom stereocenters. The average molecular weight is 279 g/mol. The van der Waals surface area contributed by atoms with Crippen LogP contribution >= 0.6 is 0 Å². The van der Waals surface area contributed by atoms with Gasteiger partial charge in [-0.3, -0.25) is 4.90 Å². The number of benzene rings is 2. The number of hydrogen-bond donors (Lipinski definition) is 1. The lowest BCUT2D eigenvalue weighted by Gasteiger charge is -2.34. The molecule has 0 heterocycles. The van der Waals surface area contributed by atoms with Gasteiger partial charge in [-0.05, 0) is 46.9 Å². The van der Waals surface area contributed by atoms with Gasteiger partial charge in [-0.1, -0.05) is 30.4 Å². The molecule has 0 saturated carbocycles. The Balaban J connectivity index is 2.02. The minimum absolute atomic E-state index is 0.356. The van der Waals surface area contributed by atoms with Gasteiger partial charge in [0.05, 0.1) is 0 Å². The molecular weight excluding hydrogens is 258 g/mol. The van der Waals surface area contributed by atoms with Crippen LogP contribution in [0.2, 0.25) is 0 Å². The van der Waals surface area contributed by atoms with Gasteiger partial charge in [-0.2, -0.15) is 0 Å². The highest BCUT2D eigenvalue weighted by atomic mass is 16.3. The Morgan fingerprint density at radius 2 is 1.81 bits per heavy atom. The first kappa shape index (κ1) is 13.9. The van der Waals surface area contributed by atoms with Crippen molar-refractivity contribution in [3.63, 3.8) is 0 Å². The zero-order valence-electron chi connectivity index (χ0n) is 12.3. The van der Waals surface area contributed by atoms with Crippen LogP contribution < -0.4 is 0 Å². The maximum absolute atomic E-state index is 9.94. The lowest BCUT2D eigenvalue weighted by atomic mass is 9.85. The topological polar surface area (TPSA) is 23.5 Å². The summed E-state index contributed by atoms with van der Waals surface area (Å²) in [6, 6.07) is 10.6. The molecule has 2 aromatic carbocycles. The van der Waals surface area contributed by atoms with Gasteiger partial charge in [0, 0.05) is 19.1 Å². The summed E-state index contributed by atoms with van der Waals surface area (Å²) in [5, 5.41) is 12.4. The molecule has 2 aromatic rings. The summed E-state index contributed by atoms with van der Waals surface area (Å²) in [5.41, 5.74) is 2.62. The summed E-state index contributed by atoms with van der Waals surface area (Å²) in [6.45, 7) is 9.44. The van der Waals surface area contributed by atoms with E-state index in [2.05, 4.69) is 36.3 Å². The Hall–Kier alpha value is -2.06. The van der Waals surface area contributed by atoms with E-state index in [0.717, 1.165) is 31.3 Å². The van der Waals surface area contributed by atoms with Crippen LogP contribution in [0.3, 0.4) is 0 Å². The normalized spacial score (nSPS) is 17.1. The van der Waals surface area contributed by atoms with E-state index < -0.39 is 0 Å². The summed E-state index contributed by atoms with van der Waals surface area (Å²) in [4.78, 5) is 2.39. The molecule has 0 amide bonds. The molecule has 0 saturated heterocycles. The summed E-state index contributed by atoms with van der Waals surface area (Å²) in [6.07, 6.45) is 5.89. The molecule has 0 aromatic heterocycles. The van der Waals surface area contributed by atoms with E-state index in [1.165, 1.54) is 16.5 Å². The molecule has 0 spiro atoms. The van der Waals surface area contributed by atoms with Crippen molar-refractivity contribution >= 4 is 10.8 Å². The smallest absolute Gasteiger partial charge is 0.116 e. The molecule has 1 N–H and O–H groups in total. The SMILES string of the molecule is C=CCN(CC=C)C1Cc2cccc3cc(O)cc(c23)C1. The Morgan fingerprint density at radius 1 is 1.10 bits per heavy atom. The van der Waals surface area contributed by atoms with Crippen LogP contribution in [0.15, 0.2) is 55.6 Å². The van der Waals surface area contributed by atoms with Gasteiger partial charge in [0.25, 0.3) is 0 Å². The van der Waals surface area contributed by atoms with E-state index in [4.69, 9.17) is 0 Å². The third-order valence-corrected chi connectivity index (χ3v) is 4.28. The molecule has 108 valence electrons. The quantitative estimate of drug-likeness (QED) is 0.844. The minimum atomic E-state index is 0.356. The molecule has 1 aliphatic carbocycles. The third kappa shape index (κ3) is 2.59.